The van der Waals surface area contributed by atoms with Crippen LogP contribution in [0.25, 0.3) is 0 Å². The zero-order valence-electron chi connectivity index (χ0n) is 9.32. The number of aromatic nitrogens is 3. The lowest BCUT2D eigenvalue weighted by atomic mass is 10.2. The van der Waals surface area contributed by atoms with Crippen LogP contribution in [0.5, 0.6) is 0 Å². The summed E-state index contributed by atoms with van der Waals surface area (Å²) in [6, 6.07) is 0. The molecule has 0 aliphatic heterocycles. The van der Waals surface area contributed by atoms with Gasteiger partial charge in [-0.2, -0.15) is 5.10 Å². The zero-order valence-corrected chi connectivity index (χ0v) is 9.32. The molecule has 1 aromatic heterocycles. The smallest absolute Gasteiger partial charge is 0.151 e. The number of nitrogens with zero attached hydrogens (tertiary/aromatic N) is 3. The van der Waals surface area contributed by atoms with Crippen LogP contribution in [0.15, 0.2) is 6.33 Å². The molecule has 0 saturated heterocycles. The van der Waals surface area contributed by atoms with Gasteiger partial charge < -0.3 is 10.4 Å². The Morgan fingerprint density at radius 2 is 2.20 bits per heavy atom. The van der Waals surface area contributed by atoms with Gasteiger partial charge in [0.2, 0.25) is 0 Å². The van der Waals surface area contributed by atoms with E-state index in [0.29, 0.717) is 6.61 Å². The van der Waals surface area contributed by atoms with E-state index in [1.165, 1.54) is 0 Å². The van der Waals surface area contributed by atoms with Crippen LogP contribution >= 0.6 is 0 Å². The summed E-state index contributed by atoms with van der Waals surface area (Å²) in [4.78, 5) is 4.14. The second kappa shape index (κ2) is 7.36. The van der Waals surface area contributed by atoms with Crippen LogP contribution in [0.1, 0.15) is 25.1 Å². The largest absolute Gasteiger partial charge is 0.396 e. The molecule has 5 heteroatoms. The summed E-state index contributed by atoms with van der Waals surface area (Å²) in [6.45, 7) is 2.23. The Hall–Kier alpha value is -0.940. The van der Waals surface area contributed by atoms with Gasteiger partial charge in [0.1, 0.15) is 6.33 Å². The molecular weight excluding hydrogens is 192 g/mol. The Morgan fingerprint density at radius 1 is 1.33 bits per heavy atom. The normalized spacial score (nSPS) is 10.8. The highest BCUT2D eigenvalue weighted by Crippen LogP contribution is 1.92. The number of hydrogen-bond donors (Lipinski definition) is 2. The maximum absolute atomic E-state index is 8.58. The van der Waals surface area contributed by atoms with E-state index in [1.54, 1.807) is 11.0 Å². The lowest BCUT2D eigenvalue weighted by molar-refractivity contribution is 0.283. The molecule has 0 atom stereocenters. The van der Waals surface area contributed by atoms with Crippen molar-refractivity contribution in [3.05, 3.63) is 12.2 Å². The summed E-state index contributed by atoms with van der Waals surface area (Å²) < 4.78 is 1.72. The van der Waals surface area contributed by atoms with Gasteiger partial charge in [0.15, 0.2) is 5.82 Å². The maximum atomic E-state index is 8.58. The molecular formula is C10H20N4O. The van der Waals surface area contributed by atoms with Crippen LogP contribution in [0, 0.1) is 0 Å². The number of aliphatic hydroxyl groups is 1. The van der Waals surface area contributed by atoms with Crippen molar-refractivity contribution < 1.29 is 5.11 Å². The van der Waals surface area contributed by atoms with Crippen molar-refractivity contribution in [2.24, 2.45) is 7.05 Å². The summed E-state index contributed by atoms with van der Waals surface area (Å²) >= 11 is 0. The van der Waals surface area contributed by atoms with Crippen LogP contribution < -0.4 is 5.32 Å². The first kappa shape index (κ1) is 12.1. The fourth-order valence-corrected chi connectivity index (χ4v) is 1.36. The van der Waals surface area contributed by atoms with E-state index in [4.69, 9.17) is 5.11 Å². The van der Waals surface area contributed by atoms with E-state index in [2.05, 4.69) is 15.4 Å². The van der Waals surface area contributed by atoms with Crippen LogP contribution in [-0.2, 0) is 13.5 Å². The summed E-state index contributed by atoms with van der Waals surface area (Å²) in [5.41, 5.74) is 0. The molecule has 0 amide bonds. The molecule has 86 valence electrons. The lowest BCUT2D eigenvalue weighted by Crippen LogP contribution is -2.19. The molecule has 0 fully saturated rings. The van der Waals surface area contributed by atoms with E-state index in [-0.39, 0.29) is 0 Å². The molecule has 1 rings (SSSR count). The van der Waals surface area contributed by atoms with Gasteiger partial charge in [-0.25, -0.2) is 4.98 Å². The highest BCUT2D eigenvalue weighted by molar-refractivity contribution is 4.81. The Morgan fingerprint density at radius 3 is 2.87 bits per heavy atom. The fraction of sp³-hybridized carbons (Fsp3) is 0.800. The number of nitrogens with one attached hydrogen (secondary N) is 1. The molecule has 2 N–H and O–H groups in total. The maximum Gasteiger partial charge on any atom is 0.151 e. The number of unbranched alkanes of at least 4 members (excludes halogenated alkanes) is 2. The molecule has 0 spiro atoms. The van der Waals surface area contributed by atoms with Gasteiger partial charge in [-0.3, -0.25) is 4.68 Å². The van der Waals surface area contributed by atoms with Crippen LogP contribution in [0.4, 0.5) is 0 Å². The summed E-state index contributed by atoms with van der Waals surface area (Å²) in [7, 11) is 1.87. The number of rotatable bonds is 8. The molecule has 0 saturated carbocycles. The van der Waals surface area contributed by atoms with Gasteiger partial charge in [-0.1, -0.05) is 0 Å². The molecule has 0 aliphatic carbocycles. The van der Waals surface area contributed by atoms with E-state index >= 15 is 0 Å². The van der Waals surface area contributed by atoms with Gasteiger partial charge in [-0.15, -0.1) is 0 Å². The van der Waals surface area contributed by atoms with Crippen molar-refractivity contribution in [3.8, 4) is 0 Å². The first-order valence-corrected chi connectivity index (χ1v) is 5.49. The van der Waals surface area contributed by atoms with E-state index < -0.39 is 0 Å². The zero-order chi connectivity index (χ0) is 10.9. The van der Waals surface area contributed by atoms with Crippen LogP contribution in [-0.4, -0.2) is 39.6 Å². The average Bonchev–Trinajstić information content (AvgIpc) is 2.63. The number of aliphatic hydroxyl groups excluding tert-OH is 1. The molecule has 1 aromatic rings. The highest BCUT2D eigenvalue weighted by atomic mass is 16.2. The second-order valence-electron chi connectivity index (χ2n) is 3.62. The van der Waals surface area contributed by atoms with Crippen molar-refractivity contribution in [2.45, 2.75) is 25.7 Å². The van der Waals surface area contributed by atoms with Crippen molar-refractivity contribution in [1.29, 1.82) is 0 Å². The second-order valence-corrected chi connectivity index (χ2v) is 3.62. The predicted octanol–water partition coefficient (Wildman–Crippen LogP) is 0.110. The van der Waals surface area contributed by atoms with Crippen molar-refractivity contribution in [1.82, 2.24) is 20.1 Å². The summed E-state index contributed by atoms with van der Waals surface area (Å²) in [5, 5.41) is 16.1. The van der Waals surface area contributed by atoms with E-state index in [1.807, 2.05) is 7.05 Å². The number of hydrogen-bond acceptors (Lipinski definition) is 4. The van der Waals surface area contributed by atoms with Crippen molar-refractivity contribution in [3.63, 3.8) is 0 Å². The molecule has 0 radical (unpaired) electrons. The SMILES string of the molecule is Cn1cnc(CCNCCCCCO)n1. The Balaban J connectivity index is 1.93. The van der Waals surface area contributed by atoms with Crippen LogP contribution in [0.2, 0.25) is 0 Å². The minimum Gasteiger partial charge on any atom is -0.396 e. The first-order chi connectivity index (χ1) is 7.33. The highest BCUT2D eigenvalue weighted by Gasteiger charge is 1.97. The quantitative estimate of drug-likeness (QED) is 0.600. The van der Waals surface area contributed by atoms with Gasteiger partial charge in [0, 0.05) is 26.6 Å². The average molecular weight is 212 g/mol. The fourth-order valence-electron chi connectivity index (χ4n) is 1.36. The molecule has 5 nitrogen and oxygen atoms in total. The van der Waals surface area contributed by atoms with Gasteiger partial charge >= 0.3 is 0 Å². The first-order valence-electron chi connectivity index (χ1n) is 5.49. The molecule has 0 unspecified atom stereocenters. The molecule has 15 heavy (non-hydrogen) atoms. The van der Waals surface area contributed by atoms with Gasteiger partial charge in [-0.05, 0) is 25.8 Å². The summed E-state index contributed by atoms with van der Waals surface area (Å²) in [6.07, 6.45) is 5.71. The third-order valence-corrected chi connectivity index (χ3v) is 2.18. The predicted molar refractivity (Wildman–Crippen MR) is 58.5 cm³/mol. The summed E-state index contributed by atoms with van der Waals surface area (Å²) in [5.74, 6) is 0.889. The third kappa shape index (κ3) is 5.49. The third-order valence-electron chi connectivity index (χ3n) is 2.18. The molecule has 0 bridgehead atoms. The lowest BCUT2D eigenvalue weighted by Gasteiger charge is -2.01. The van der Waals surface area contributed by atoms with Crippen molar-refractivity contribution in [2.75, 3.05) is 19.7 Å². The van der Waals surface area contributed by atoms with E-state index in [0.717, 1.165) is 44.6 Å². The standard InChI is InChI=1S/C10H20N4O/c1-14-9-12-10(13-14)5-7-11-6-3-2-4-8-15/h9,11,15H,2-8H2,1H3. The Labute approximate surface area is 90.5 Å². The number of aryl methyl sites for hydroxylation is 1. The molecule has 0 aromatic carbocycles. The monoisotopic (exact) mass is 212 g/mol. The Kier molecular flexibility index (Phi) is 5.96. The van der Waals surface area contributed by atoms with Crippen molar-refractivity contribution >= 4 is 0 Å². The minimum atomic E-state index is 0.303. The van der Waals surface area contributed by atoms with Crippen LogP contribution in [0.3, 0.4) is 0 Å². The Bertz CT molecular complexity index is 262. The minimum absolute atomic E-state index is 0.303. The topological polar surface area (TPSA) is 63.0 Å². The molecule has 0 aliphatic rings. The molecule has 1 heterocycles. The van der Waals surface area contributed by atoms with Gasteiger partial charge in [0.25, 0.3) is 0 Å². The van der Waals surface area contributed by atoms with Gasteiger partial charge in [0.05, 0.1) is 0 Å². The van der Waals surface area contributed by atoms with E-state index in [9.17, 15) is 0 Å².